The summed E-state index contributed by atoms with van der Waals surface area (Å²) in [7, 11) is 0. The number of nitrogens with one attached hydrogen (secondary N) is 1. The van der Waals surface area contributed by atoms with Crippen molar-refractivity contribution in [3.8, 4) is 0 Å². The van der Waals surface area contributed by atoms with Gasteiger partial charge in [0.1, 0.15) is 0 Å². The Morgan fingerprint density at radius 2 is 2.17 bits per heavy atom. The summed E-state index contributed by atoms with van der Waals surface area (Å²) in [5.74, 6) is -1.37. The highest BCUT2D eigenvalue weighted by Crippen LogP contribution is 2.16. The molecule has 1 aliphatic rings. The molecule has 0 aromatic carbocycles. The molecule has 1 heterocycles. The lowest BCUT2D eigenvalue weighted by Gasteiger charge is -2.34. The quantitative estimate of drug-likeness (QED) is 0.685. The zero-order chi connectivity index (χ0) is 13.7. The van der Waals surface area contributed by atoms with Crippen molar-refractivity contribution in [1.29, 1.82) is 0 Å². The molecule has 0 aromatic rings. The lowest BCUT2D eigenvalue weighted by Crippen LogP contribution is -2.50. The number of rotatable bonds is 4. The second-order valence-electron chi connectivity index (χ2n) is 4.91. The molecule has 104 valence electrons. The highest BCUT2D eigenvalue weighted by molar-refractivity contribution is 5.76. The van der Waals surface area contributed by atoms with Gasteiger partial charge in [-0.25, -0.2) is 4.79 Å². The number of amides is 2. The average molecular weight is 258 g/mol. The van der Waals surface area contributed by atoms with E-state index in [1.54, 1.807) is 11.8 Å². The minimum Gasteiger partial charge on any atom is -0.481 e. The van der Waals surface area contributed by atoms with E-state index in [0.717, 1.165) is 0 Å². The molecule has 6 nitrogen and oxygen atoms in total. The summed E-state index contributed by atoms with van der Waals surface area (Å²) in [5, 5.41) is 21.1. The topological polar surface area (TPSA) is 89.9 Å². The summed E-state index contributed by atoms with van der Waals surface area (Å²) < 4.78 is 0. The van der Waals surface area contributed by atoms with Crippen molar-refractivity contribution in [3.63, 3.8) is 0 Å². The third-order valence-electron chi connectivity index (χ3n) is 3.49. The average Bonchev–Trinajstić information content (AvgIpc) is 2.32. The van der Waals surface area contributed by atoms with Crippen LogP contribution in [-0.4, -0.2) is 52.9 Å². The van der Waals surface area contributed by atoms with Crippen LogP contribution in [0.2, 0.25) is 0 Å². The van der Waals surface area contributed by atoms with Crippen LogP contribution in [0.15, 0.2) is 0 Å². The van der Waals surface area contributed by atoms with E-state index in [-0.39, 0.29) is 24.6 Å². The second kappa shape index (κ2) is 6.58. The number of hydrogen-bond donors (Lipinski definition) is 3. The fraction of sp³-hybridized carbons (Fsp3) is 0.833. The van der Waals surface area contributed by atoms with Crippen molar-refractivity contribution in [2.45, 2.75) is 32.8 Å². The highest BCUT2D eigenvalue weighted by atomic mass is 16.4. The maximum absolute atomic E-state index is 11.8. The number of aliphatic carboxylic acids is 1. The first kappa shape index (κ1) is 14.8. The monoisotopic (exact) mass is 258 g/mol. The van der Waals surface area contributed by atoms with Crippen LogP contribution in [0.25, 0.3) is 0 Å². The summed E-state index contributed by atoms with van der Waals surface area (Å²) in [4.78, 5) is 24.3. The molecule has 3 unspecified atom stereocenters. The molecular weight excluding hydrogens is 236 g/mol. The Kier molecular flexibility index (Phi) is 5.40. The lowest BCUT2D eigenvalue weighted by molar-refractivity contribution is -0.141. The first-order valence-electron chi connectivity index (χ1n) is 6.39. The van der Waals surface area contributed by atoms with Crippen molar-refractivity contribution >= 4 is 12.0 Å². The van der Waals surface area contributed by atoms with E-state index in [2.05, 4.69) is 5.32 Å². The van der Waals surface area contributed by atoms with Crippen LogP contribution in [0.5, 0.6) is 0 Å². The molecule has 0 radical (unpaired) electrons. The van der Waals surface area contributed by atoms with Gasteiger partial charge < -0.3 is 20.4 Å². The number of carboxylic acid groups (broad SMARTS) is 1. The van der Waals surface area contributed by atoms with Crippen molar-refractivity contribution in [1.82, 2.24) is 10.2 Å². The van der Waals surface area contributed by atoms with Gasteiger partial charge in [0.25, 0.3) is 0 Å². The Balaban J connectivity index is 2.39. The molecule has 1 aliphatic heterocycles. The number of nitrogens with zero attached hydrogens (tertiary/aromatic N) is 1. The first-order valence-corrected chi connectivity index (χ1v) is 6.39. The Labute approximate surface area is 107 Å². The van der Waals surface area contributed by atoms with Gasteiger partial charge in [-0.05, 0) is 18.8 Å². The number of carbonyl (C=O) groups excluding carboxylic acids is 1. The van der Waals surface area contributed by atoms with Crippen LogP contribution < -0.4 is 5.32 Å². The Bertz CT molecular complexity index is 308. The van der Waals surface area contributed by atoms with Gasteiger partial charge in [-0.1, -0.05) is 13.8 Å². The van der Waals surface area contributed by atoms with Gasteiger partial charge in [-0.2, -0.15) is 0 Å². The summed E-state index contributed by atoms with van der Waals surface area (Å²) in [6, 6.07) is -0.242. The van der Waals surface area contributed by atoms with E-state index in [1.807, 2.05) is 6.92 Å². The molecule has 0 saturated carbocycles. The fourth-order valence-corrected chi connectivity index (χ4v) is 2.05. The van der Waals surface area contributed by atoms with Gasteiger partial charge in [0.05, 0.1) is 12.0 Å². The maximum atomic E-state index is 11.8. The standard InChI is InChI=1S/C12H22N2O4/c1-3-9(11(16)17)6-13-12(18)14-5-4-10(15)8(2)7-14/h8-10,15H,3-7H2,1-2H3,(H,13,18)(H,16,17). The summed E-state index contributed by atoms with van der Waals surface area (Å²) >= 11 is 0. The predicted octanol–water partition coefficient (Wildman–Crippen LogP) is 0.509. The van der Waals surface area contributed by atoms with Crippen molar-refractivity contribution in [3.05, 3.63) is 0 Å². The Hall–Kier alpha value is -1.30. The van der Waals surface area contributed by atoms with Gasteiger partial charge in [-0.3, -0.25) is 4.79 Å². The molecule has 3 atom stereocenters. The van der Waals surface area contributed by atoms with Crippen LogP contribution in [0, 0.1) is 11.8 Å². The van der Waals surface area contributed by atoms with Gasteiger partial charge in [0, 0.05) is 19.6 Å². The minimum absolute atomic E-state index is 0.0611. The normalized spacial score (nSPS) is 25.6. The first-order chi connectivity index (χ1) is 8.45. The van der Waals surface area contributed by atoms with Crippen LogP contribution in [0.4, 0.5) is 4.79 Å². The predicted molar refractivity (Wildman–Crippen MR) is 66.2 cm³/mol. The van der Waals surface area contributed by atoms with Crippen molar-refractivity contribution in [2.24, 2.45) is 11.8 Å². The largest absolute Gasteiger partial charge is 0.481 e. The van der Waals surface area contributed by atoms with Gasteiger partial charge >= 0.3 is 12.0 Å². The molecule has 0 aromatic heterocycles. The molecule has 1 saturated heterocycles. The number of carbonyl (C=O) groups is 2. The van der Waals surface area contributed by atoms with Gasteiger partial charge in [0.15, 0.2) is 0 Å². The molecule has 1 rings (SSSR count). The Morgan fingerprint density at radius 1 is 1.50 bits per heavy atom. The molecule has 18 heavy (non-hydrogen) atoms. The van der Waals surface area contributed by atoms with E-state index >= 15 is 0 Å². The zero-order valence-electron chi connectivity index (χ0n) is 10.9. The van der Waals surface area contributed by atoms with E-state index < -0.39 is 11.9 Å². The summed E-state index contributed by atoms with van der Waals surface area (Å²) in [6.07, 6.45) is 0.714. The lowest BCUT2D eigenvalue weighted by atomic mass is 9.97. The summed E-state index contributed by atoms with van der Waals surface area (Å²) in [5.41, 5.74) is 0. The summed E-state index contributed by atoms with van der Waals surface area (Å²) in [6.45, 7) is 4.86. The smallest absolute Gasteiger partial charge is 0.317 e. The number of hydrogen-bond acceptors (Lipinski definition) is 3. The number of aliphatic hydroxyl groups is 1. The minimum atomic E-state index is -0.889. The molecular formula is C12H22N2O4. The second-order valence-corrected chi connectivity index (χ2v) is 4.91. The van der Waals surface area contributed by atoms with Crippen LogP contribution in [0.1, 0.15) is 26.7 Å². The fourth-order valence-electron chi connectivity index (χ4n) is 2.05. The molecule has 6 heteroatoms. The third-order valence-corrected chi connectivity index (χ3v) is 3.49. The molecule has 3 N–H and O–H groups in total. The van der Waals surface area contributed by atoms with E-state index in [9.17, 15) is 14.7 Å². The highest BCUT2D eigenvalue weighted by Gasteiger charge is 2.27. The van der Waals surface area contributed by atoms with Gasteiger partial charge in [-0.15, -0.1) is 0 Å². The third kappa shape index (κ3) is 3.87. The van der Waals surface area contributed by atoms with Crippen molar-refractivity contribution in [2.75, 3.05) is 19.6 Å². The Morgan fingerprint density at radius 3 is 2.67 bits per heavy atom. The van der Waals surface area contributed by atoms with Gasteiger partial charge in [0.2, 0.25) is 0 Å². The van der Waals surface area contributed by atoms with E-state index in [1.165, 1.54) is 0 Å². The molecule has 0 aliphatic carbocycles. The maximum Gasteiger partial charge on any atom is 0.317 e. The zero-order valence-corrected chi connectivity index (χ0v) is 10.9. The number of piperidine rings is 1. The number of urea groups is 1. The van der Waals surface area contributed by atoms with Crippen LogP contribution in [0.3, 0.4) is 0 Å². The van der Waals surface area contributed by atoms with Crippen LogP contribution in [-0.2, 0) is 4.79 Å². The number of likely N-dealkylation sites (tertiary alicyclic amines) is 1. The SMILES string of the molecule is CCC(CNC(=O)N1CCC(O)C(C)C1)C(=O)O. The van der Waals surface area contributed by atoms with Crippen LogP contribution >= 0.6 is 0 Å². The number of carboxylic acids is 1. The molecule has 2 amide bonds. The van der Waals surface area contributed by atoms with E-state index in [0.29, 0.717) is 25.9 Å². The molecule has 0 bridgehead atoms. The number of aliphatic hydroxyl groups excluding tert-OH is 1. The van der Waals surface area contributed by atoms with Crippen molar-refractivity contribution < 1.29 is 19.8 Å². The molecule has 1 fully saturated rings. The molecule has 0 spiro atoms. The van der Waals surface area contributed by atoms with E-state index in [4.69, 9.17) is 5.11 Å².